The highest BCUT2D eigenvalue weighted by atomic mass is 16.5. The summed E-state index contributed by atoms with van der Waals surface area (Å²) in [5.41, 5.74) is 3.76. The Morgan fingerprint density at radius 3 is 2.00 bits per heavy atom. The summed E-state index contributed by atoms with van der Waals surface area (Å²) >= 11 is 0. The molecule has 0 atom stereocenters. The van der Waals surface area contributed by atoms with E-state index in [4.69, 9.17) is 5.11 Å². The largest absolute Gasteiger partial charge is 0.478 e. The van der Waals surface area contributed by atoms with Crippen molar-refractivity contribution in [1.29, 1.82) is 0 Å². The molecule has 0 saturated heterocycles. The third-order valence-electron chi connectivity index (χ3n) is 3.17. The number of rotatable bonds is 2. The maximum absolute atomic E-state index is 11.0. The summed E-state index contributed by atoms with van der Waals surface area (Å²) in [6.45, 7) is 5.56. The Morgan fingerprint density at radius 1 is 0.909 bits per heavy atom. The number of carbonyl (C=O) groups excluding carboxylic acids is 1. The van der Waals surface area contributed by atoms with Crippen LogP contribution in [-0.4, -0.2) is 24.2 Å². The SMILES string of the molecule is COC(=O)c1ccccc1C.Cc1ccc(C)c(C(=O)O)c1. The molecule has 4 heteroatoms. The highest BCUT2D eigenvalue weighted by Crippen LogP contribution is 2.10. The van der Waals surface area contributed by atoms with Gasteiger partial charge in [0.1, 0.15) is 0 Å². The second kappa shape index (κ2) is 7.98. The molecule has 0 fully saturated rings. The van der Waals surface area contributed by atoms with Crippen molar-refractivity contribution in [1.82, 2.24) is 0 Å². The minimum Gasteiger partial charge on any atom is -0.478 e. The summed E-state index contributed by atoms with van der Waals surface area (Å²) in [4.78, 5) is 21.6. The van der Waals surface area contributed by atoms with Crippen LogP contribution in [0, 0.1) is 20.8 Å². The lowest BCUT2D eigenvalue weighted by molar-refractivity contribution is 0.0599. The van der Waals surface area contributed by atoms with E-state index in [0.29, 0.717) is 11.1 Å². The molecule has 0 unspecified atom stereocenters. The summed E-state index contributed by atoms with van der Waals surface area (Å²) in [5.74, 6) is -1.13. The average Bonchev–Trinajstić information content (AvgIpc) is 2.50. The number of methoxy groups -OCH3 is 1. The fourth-order valence-corrected chi connectivity index (χ4v) is 1.88. The molecule has 0 spiro atoms. The third kappa shape index (κ3) is 4.74. The Kier molecular flexibility index (Phi) is 6.32. The maximum atomic E-state index is 11.0. The van der Waals surface area contributed by atoms with E-state index in [1.165, 1.54) is 7.11 Å². The predicted molar refractivity (Wildman–Crippen MR) is 85.4 cm³/mol. The molecule has 0 bridgehead atoms. The van der Waals surface area contributed by atoms with Gasteiger partial charge in [-0.25, -0.2) is 9.59 Å². The quantitative estimate of drug-likeness (QED) is 0.857. The van der Waals surface area contributed by atoms with E-state index in [0.717, 1.165) is 16.7 Å². The van der Waals surface area contributed by atoms with Gasteiger partial charge in [-0.3, -0.25) is 0 Å². The van der Waals surface area contributed by atoms with Gasteiger partial charge in [-0.15, -0.1) is 0 Å². The minimum atomic E-state index is -0.855. The van der Waals surface area contributed by atoms with Crippen molar-refractivity contribution in [3.63, 3.8) is 0 Å². The number of aromatic carboxylic acids is 1. The summed E-state index contributed by atoms with van der Waals surface area (Å²) in [7, 11) is 1.38. The van der Waals surface area contributed by atoms with Crippen molar-refractivity contribution in [2.24, 2.45) is 0 Å². The van der Waals surface area contributed by atoms with Gasteiger partial charge in [0.25, 0.3) is 0 Å². The van der Waals surface area contributed by atoms with E-state index in [2.05, 4.69) is 4.74 Å². The number of benzene rings is 2. The Bertz CT molecular complexity index is 675. The van der Waals surface area contributed by atoms with E-state index in [1.807, 2.05) is 44.2 Å². The van der Waals surface area contributed by atoms with Crippen LogP contribution < -0.4 is 0 Å². The molecule has 0 aliphatic heterocycles. The van der Waals surface area contributed by atoms with Crippen LogP contribution in [0.1, 0.15) is 37.4 Å². The second-order valence-corrected chi connectivity index (χ2v) is 4.93. The monoisotopic (exact) mass is 300 g/mol. The normalized spacial score (nSPS) is 9.45. The van der Waals surface area contributed by atoms with E-state index in [-0.39, 0.29) is 5.97 Å². The lowest BCUT2D eigenvalue weighted by Gasteiger charge is -2.00. The highest BCUT2D eigenvalue weighted by Gasteiger charge is 2.06. The fraction of sp³-hybridized carbons (Fsp3) is 0.222. The smallest absolute Gasteiger partial charge is 0.338 e. The molecule has 2 rings (SSSR count). The van der Waals surface area contributed by atoms with Crippen LogP contribution in [0.3, 0.4) is 0 Å². The molecule has 0 heterocycles. The molecule has 0 aliphatic rings. The van der Waals surface area contributed by atoms with Gasteiger partial charge in [0, 0.05) is 0 Å². The number of ether oxygens (including phenoxy) is 1. The maximum Gasteiger partial charge on any atom is 0.338 e. The first-order valence-electron chi connectivity index (χ1n) is 6.81. The van der Waals surface area contributed by atoms with Crippen LogP contribution in [0.4, 0.5) is 0 Å². The Balaban J connectivity index is 0.000000220. The summed E-state index contributed by atoms with van der Waals surface area (Å²) in [5, 5.41) is 8.69. The molecule has 116 valence electrons. The summed E-state index contributed by atoms with van der Waals surface area (Å²) in [6, 6.07) is 12.7. The van der Waals surface area contributed by atoms with Gasteiger partial charge in [0.2, 0.25) is 0 Å². The molecule has 4 nitrogen and oxygen atoms in total. The number of hydrogen-bond donors (Lipinski definition) is 1. The molecule has 0 aliphatic carbocycles. The van der Waals surface area contributed by atoms with Crippen LogP contribution in [0.5, 0.6) is 0 Å². The van der Waals surface area contributed by atoms with Gasteiger partial charge >= 0.3 is 11.9 Å². The zero-order valence-corrected chi connectivity index (χ0v) is 13.2. The van der Waals surface area contributed by atoms with Crippen LogP contribution in [0.2, 0.25) is 0 Å². The Hall–Kier alpha value is -2.62. The van der Waals surface area contributed by atoms with Crippen molar-refractivity contribution in [2.75, 3.05) is 7.11 Å². The number of aryl methyl sites for hydroxylation is 3. The summed E-state index contributed by atoms with van der Waals surface area (Å²) < 4.78 is 4.58. The van der Waals surface area contributed by atoms with Crippen molar-refractivity contribution in [2.45, 2.75) is 20.8 Å². The molecule has 0 amide bonds. The van der Waals surface area contributed by atoms with E-state index < -0.39 is 5.97 Å². The van der Waals surface area contributed by atoms with Gasteiger partial charge < -0.3 is 9.84 Å². The second-order valence-electron chi connectivity index (χ2n) is 4.93. The standard InChI is InChI=1S/2C9H10O2/c1-6-3-4-7(2)8(5-6)9(10)11;1-7-5-3-4-6-8(7)9(10)11-2/h3-5H,1-2H3,(H,10,11);3-6H,1-2H3. The van der Waals surface area contributed by atoms with Crippen LogP contribution >= 0.6 is 0 Å². The summed E-state index contributed by atoms with van der Waals surface area (Å²) in [6.07, 6.45) is 0. The lowest BCUT2D eigenvalue weighted by atomic mass is 10.1. The molecule has 2 aromatic carbocycles. The molecule has 0 saturated carbocycles. The molecule has 2 aromatic rings. The molecule has 0 aromatic heterocycles. The minimum absolute atomic E-state index is 0.275. The van der Waals surface area contributed by atoms with E-state index in [9.17, 15) is 9.59 Å². The number of carboxylic acids is 1. The van der Waals surface area contributed by atoms with Crippen LogP contribution in [0.15, 0.2) is 42.5 Å². The Labute approximate surface area is 130 Å². The molecule has 1 N–H and O–H groups in total. The topological polar surface area (TPSA) is 63.6 Å². The number of esters is 1. The molecule has 22 heavy (non-hydrogen) atoms. The van der Waals surface area contributed by atoms with Crippen LogP contribution in [-0.2, 0) is 4.74 Å². The third-order valence-corrected chi connectivity index (χ3v) is 3.17. The highest BCUT2D eigenvalue weighted by molar-refractivity contribution is 5.90. The van der Waals surface area contributed by atoms with Gasteiger partial charge in [-0.05, 0) is 44.0 Å². The first-order valence-corrected chi connectivity index (χ1v) is 6.81. The zero-order valence-electron chi connectivity index (χ0n) is 13.2. The van der Waals surface area contributed by atoms with Gasteiger partial charge in [-0.1, -0.05) is 35.9 Å². The number of hydrogen-bond acceptors (Lipinski definition) is 3. The molecule has 0 radical (unpaired) electrons. The Morgan fingerprint density at radius 2 is 1.50 bits per heavy atom. The number of carbonyl (C=O) groups is 2. The van der Waals surface area contributed by atoms with Gasteiger partial charge in [0.05, 0.1) is 18.2 Å². The molecular weight excluding hydrogens is 280 g/mol. The van der Waals surface area contributed by atoms with Crippen molar-refractivity contribution >= 4 is 11.9 Å². The van der Waals surface area contributed by atoms with Gasteiger partial charge in [0.15, 0.2) is 0 Å². The van der Waals surface area contributed by atoms with Gasteiger partial charge in [-0.2, -0.15) is 0 Å². The van der Waals surface area contributed by atoms with Crippen molar-refractivity contribution < 1.29 is 19.4 Å². The average molecular weight is 300 g/mol. The first kappa shape index (κ1) is 17.4. The number of carboxylic acid groups (broad SMARTS) is 1. The van der Waals surface area contributed by atoms with Crippen LogP contribution in [0.25, 0.3) is 0 Å². The predicted octanol–water partition coefficient (Wildman–Crippen LogP) is 3.78. The van der Waals surface area contributed by atoms with E-state index >= 15 is 0 Å². The van der Waals surface area contributed by atoms with E-state index in [1.54, 1.807) is 19.1 Å². The van der Waals surface area contributed by atoms with Crippen molar-refractivity contribution in [3.8, 4) is 0 Å². The molecular formula is C18H20O4. The van der Waals surface area contributed by atoms with Crippen molar-refractivity contribution in [3.05, 3.63) is 70.3 Å². The first-order chi connectivity index (χ1) is 10.4. The fourth-order valence-electron chi connectivity index (χ4n) is 1.88. The zero-order chi connectivity index (χ0) is 16.7. The lowest BCUT2D eigenvalue weighted by Crippen LogP contribution is -2.02.